The number of pyridine rings is 1. The molecule has 3 aromatic rings. The van der Waals surface area contributed by atoms with Crippen molar-refractivity contribution in [2.45, 2.75) is 26.2 Å². The molecule has 0 saturated heterocycles. The molecule has 3 rings (SSSR count). The number of aromatic amines is 1. The Labute approximate surface area is 150 Å². The van der Waals surface area contributed by atoms with Crippen molar-refractivity contribution in [1.29, 1.82) is 5.26 Å². The van der Waals surface area contributed by atoms with Crippen molar-refractivity contribution in [1.82, 2.24) is 9.97 Å². The van der Waals surface area contributed by atoms with Gasteiger partial charge in [0.25, 0.3) is 0 Å². The molecule has 0 saturated carbocycles. The van der Waals surface area contributed by atoms with Crippen LogP contribution in [0.25, 0.3) is 10.9 Å². The van der Waals surface area contributed by atoms with E-state index in [1.807, 2.05) is 18.2 Å². The molecule has 0 aliphatic carbocycles. The zero-order chi connectivity index (χ0) is 17.5. The Kier molecular flexibility index (Phi) is 4.16. The maximum absolute atomic E-state index is 8.99. The van der Waals surface area contributed by atoms with Gasteiger partial charge < -0.3 is 10.3 Å². The molecule has 0 amide bonds. The van der Waals surface area contributed by atoms with E-state index in [-0.39, 0.29) is 11.1 Å². The van der Waals surface area contributed by atoms with Gasteiger partial charge in [0.1, 0.15) is 17.6 Å². The molecule has 122 valence electrons. The zero-order valence-corrected chi connectivity index (χ0v) is 15.0. The van der Waals surface area contributed by atoms with Crippen LogP contribution in [-0.4, -0.2) is 9.97 Å². The Balaban J connectivity index is 2.02. The molecule has 4 nitrogen and oxygen atoms in total. The molecular formula is C18H16Cl2N4. The fraction of sp³-hybridized carbons (Fsp3) is 0.222. The largest absolute Gasteiger partial charge is 0.358 e. The third-order valence-electron chi connectivity index (χ3n) is 3.67. The molecule has 0 unspecified atom stereocenters. The Morgan fingerprint density at radius 2 is 1.88 bits per heavy atom. The number of aromatic nitrogens is 2. The predicted octanol–water partition coefficient (Wildman–Crippen LogP) is 5.78. The zero-order valence-electron chi connectivity index (χ0n) is 13.5. The molecule has 2 heterocycles. The van der Waals surface area contributed by atoms with E-state index in [1.54, 1.807) is 6.07 Å². The predicted molar refractivity (Wildman–Crippen MR) is 99.3 cm³/mol. The van der Waals surface area contributed by atoms with Gasteiger partial charge in [0, 0.05) is 32.7 Å². The minimum atomic E-state index is 0.00610. The summed E-state index contributed by atoms with van der Waals surface area (Å²) in [5.74, 6) is 0.497. The number of nitriles is 1. The molecule has 0 fully saturated rings. The number of nitrogens with one attached hydrogen (secondary N) is 2. The van der Waals surface area contributed by atoms with Crippen LogP contribution in [0.15, 0.2) is 30.3 Å². The molecule has 0 aliphatic rings. The highest BCUT2D eigenvalue weighted by atomic mass is 35.5. The van der Waals surface area contributed by atoms with Crippen LogP contribution in [-0.2, 0) is 5.41 Å². The molecule has 0 aliphatic heterocycles. The topological polar surface area (TPSA) is 64.5 Å². The SMILES string of the molecule is CC(C)(C)c1cc2c(Cl)cc(Nc3cc(Cl)cc(C#N)n3)cc2[nH]1. The first-order chi connectivity index (χ1) is 11.3. The molecule has 0 spiro atoms. The number of anilines is 2. The Morgan fingerprint density at radius 1 is 1.12 bits per heavy atom. The van der Waals surface area contributed by atoms with Crippen molar-refractivity contribution < 1.29 is 0 Å². The van der Waals surface area contributed by atoms with Gasteiger partial charge >= 0.3 is 0 Å². The summed E-state index contributed by atoms with van der Waals surface area (Å²) < 4.78 is 0. The molecule has 24 heavy (non-hydrogen) atoms. The van der Waals surface area contributed by atoms with Crippen molar-refractivity contribution in [3.63, 3.8) is 0 Å². The highest BCUT2D eigenvalue weighted by Crippen LogP contribution is 2.33. The maximum atomic E-state index is 8.99. The monoisotopic (exact) mass is 358 g/mol. The smallest absolute Gasteiger partial charge is 0.144 e. The van der Waals surface area contributed by atoms with Gasteiger partial charge in [0.2, 0.25) is 0 Å². The lowest BCUT2D eigenvalue weighted by molar-refractivity contribution is 0.574. The van der Waals surface area contributed by atoms with Gasteiger partial charge in [-0.3, -0.25) is 0 Å². The quantitative estimate of drug-likeness (QED) is 0.609. The first-order valence-corrected chi connectivity index (χ1v) is 8.19. The van der Waals surface area contributed by atoms with Gasteiger partial charge in [0.05, 0.1) is 5.02 Å². The van der Waals surface area contributed by atoms with Crippen LogP contribution < -0.4 is 5.32 Å². The second-order valence-electron chi connectivity index (χ2n) is 6.64. The van der Waals surface area contributed by atoms with E-state index < -0.39 is 0 Å². The number of fused-ring (bicyclic) bond motifs is 1. The van der Waals surface area contributed by atoms with E-state index in [1.165, 1.54) is 6.07 Å². The van der Waals surface area contributed by atoms with Crippen molar-refractivity contribution in [2.24, 2.45) is 0 Å². The van der Waals surface area contributed by atoms with Crippen molar-refractivity contribution in [2.75, 3.05) is 5.32 Å². The fourth-order valence-corrected chi connectivity index (χ4v) is 2.92. The molecule has 6 heteroatoms. The molecule has 0 bridgehead atoms. The minimum Gasteiger partial charge on any atom is -0.358 e. The van der Waals surface area contributed by atoms with Gasteiger partial charge in [0.15, 0.2) is 0 Å². The van der Waals surface area contributed by atoms with Crippen LogP contribution >= 0.6 is 23.2 Å². The second kappa shape index (κ2) is 6.01. The van der Waals surface area contributed by atoms with Crippen LogP contribution in [0.1, 0.15) is 32.2 Å². The first-order valence-electron chi connectivity index (χ1n) is 7.44. The summed E-state index contributed by atoms with van der Waals surface area (Å²) in [6, 6.07) is 11.0. The lowest BCUT2D eigenvalue weighted by Crippen LogP contribution is -2.10. The van der Waals surface area contributed by atoms with Crippen molar-refractivity contribution >= 4 is 45.6 Å². The van der Waals surface area contributed by atoms with Crippen molar-refractivity contribution in [3.05, 3.63) is 51.8 Å². The summed E-state index contributed by atoms with van der Waals surface area (Å²) in [6.07, 6.45) is 0. The maximum Gasteiger partial charge on any atom is 0.144 e. The van der Waals surface area contributed by atoms with Gasteiger partial charge in [-0.05, 0) is 30.3 Å². The highest BCUT2D eigenvalue weighted by Gasteiger charge is 2.17. The first kappa shape index (κ1) is 16.6. The highest BCUT2D eigenvalue weighted by molar-refractivity contribution is 6.35. The molecule has 1 aromatic carbocycles. The van der Waals surface area contributed by atoms with Crippen LogP contribution in [0.4, 0.5) is 11.5 Å². The van der Waals surface area contributed by atoms with Gasteiger partial charge in [-0.25, -0.2) is 4.98 Å². The summed E-state index contributed by atoms with van der Waals surface area (Å²) in [5.41, 5.74) is 3.09. The molecule has 2 aromatic heterocycles. The van der Waals surface area contributed by atoms with E-state index in [4.69, 9.17) is 28.5 Å². The number of halogens is 2. The molecule has 0 atom stereocenters. The Morgan fingerprint density at radius 3 is 2.54 bits per heavy atom. The second-order valence-corrected chi connectivity index (χ2v) is 7.49. The van der Waals surface area contributed by atoms with Crippen LogP contribution in [0.3, 0.4) is 0 Å². The Bertz CT molecular complexity index is 962. The standard InChI is InChI=1S/C18H16Cl2N4/c1-18(2,3)16-8-13-14(20)6-11(7-15(13)24-16)22-17-5-10(19)4-12(9-21)23-17/h4-8,24H,1-3H3,(H,22,23). The third-order valence-corrected chi connectivity index (χ3v) is 4.20. The van der Waals surface area contributed by atoms with Crippen LogP contribution in [0.2, 0.25) is 10.0 Å². The van der Waals surface area contributed by atoms with E-state index in [0.29, 0.717) is 15.9 Å². The van der Waals surface area contributed by atoms with Crippen LogP contribution in [0.5, 0.6) is 0 Å². The summed E-state index contributed by atoms with van der Waals surface area (Å²) in [5, 5.41) is 14.2. The third kappa shape index (κ3) is 3.33. The summed E-state index contributed by atoms with van der Waals surface area (Å²) in [6.45, 7) is 6.43. The molecular weight excluding hydrogens is 343 g/mol. The Hall–Kier alpha value is -2.22. The normalized spacial score (nSPS) is 11.5. The summed E-state index contributed by atoms with van der Waals surface area (Å²) >= 11 is 12.4. The average Bonchev–Trinajstić information content (AvgIpc) is 2.91. The molecule has 2 N–H and O–H groups in total. The number of H-pyrrole nitrogens is 1. The van der Waals surface area contributed by atoms with Gasteiger partial charge in [-0.2, -0.15) is 5.26 Å². The molecule has 0 radical (unpaired) electrons. The van der Waals surface area contributed by atoms with E-state index in [0.717, 1.165) is 22.3 Å². The minimum absolute atomic E-state index is 0.00610. The average molecular weight is 359 g/mol. The van der Waals surface area contributed by atoms with E-state index in [2.05, 4.69) is 42.1 Å². The van der Waals surface area contributed by atoms with E-state index >= 15 is 0 Å². The van der Waals surface area contributed by atoms with E-state index in [9.17, 15) is 0 Å². The number of hydrogen-bond acceptors (Lipinski definition) is 3. The number of rotatable bonds is 2. The number of benzene rings is 1. The van der Waals surface area contributed by atoms with Crippen molar-refractivity contribution in [3.8, 4) is 6.07 Å². The summed E-state index contributed by atoms with van der Waals surface area (Å²) in [7, 11) is 0. The number of hydrogen-bond donors (Lipinski definition) is 2. The van der Waals surface area contributed by atoms with Gasteiger partial charge in [-0.1, -0.05) is 44.0 Å². The van der Waals surface area contributed by atoms with Crippen LogP contribution in [0, 0.1) is 11.3 Å². The lowest BCUT2D eigenvalue weighted by Gasteiger charge is -2.15. The summed E-state index contributed by atoms with van der Waals surface area (Å²) in [4.78, 5) is 7.60. The van der Waals surface area contributed by atoms with Gasteiger partial charge in [-0.15, -0.1) is 0 Å². The fourth-order valence-electron chi connectivity index (χ4n) is 2.44. The number of nitrogens with zero attached hydrogens (tertiary/aromatic N) is 2. The lowest BCUT2D eigenvalue weighted by atomic mass is 9.92.